The third-order valence-corrected chi connectivity index (χ3v) is 4.99. The Kier molecular flexibility index (Phi) is 5.77. The van der Waals surface area contributed by atoms with E-state index in [1.54, 1.807) is 26.3 Å². The number of fused-ring (bicyclic) bond motifs is 1. The van der Waals surface area contributed by atoms with Crippen LogP contribution in [0, 0.1) is 0 Å². The molecule has 2 saturated heterocycles. The van der Waals surface area contributed by atoms with Crippen LogP contribution in [0.15, 0.2) is 36.4 Å². The van der Waals surface area contributed by atoms with Crippen LogP contribution in [-0.2, 0) is 9.47 Å². The molecule has 1 N–H and O–H groups in total. The molecule has 2 fully saturated rings. The first kappa shape index (κ1) is 19.4. The van der Waals surface area contributed by atoms with Crippen molar-refractivity contribution in [1.82, 2.24) is 15.5 Å². The number of benzene rings is 1. The van der Waals surface area contributed by atoms with Crippen molar-refractivity contribution in [2.75, 3.05) is 45.4 Å². The minimum Gasteiger partial charge on any atom is -0.497 e. The number of nitrogens with zero attached hydrogens (tertiary/aromatic N) is 3. The van der Waals surface area contributed by atoms with Crippen LogP contribution in [0.1, 0.15) is 10.5 Å². The summed E-state index contributed by atoms with van der Waals surface area (Å²) < 4.78 is 23.4. The molecule has 9 heteroatoms. The molecule has 0 saturated carbocycles. The second kappa shape index (κ2) is 8.62. The molecule has 0 spiro atoms. The maximum atomic E-state index is 11.6. The average Bonchev–Trinajstić information content (AvgIpc) is 3.09. The number of anilines is 1. The van der Waals surface area contributed by atoms with Crippen LogP contribution in [0.2, 0.25) is 0 Å². The molecule has 1 aromatic heterocycles. The zero-order chi connectivity index (χ0) is 20.2. The summed E-state index contributed by atoms with van der Waals surface area (Å²) in [7, 11) is 3.19. The Hall–Kier alpha value is -2.91. The maximum absolute atomic E-state index is 11.6. The lowest BCUT2D eigenvalue weighted by Gasteiger charge is -2.20. The van der Waals surface area contributed by atoms with E-state index >= 15 is 0 Å². The van der Waals surface area contributed by atoms with Crippen molar-refractivity contribution in [1.29, 1.82) is 0 Å². The second-order valence-electron chi connectivity index (χ2n) is 6.92. The van der Waals surface area contributed by atoms with E-state index in [2.05, 4.69) is 20.4 Å². The first-order valence-electron chi connectivity index (χ1n) is 9.51. The van der Waals surface area contributed by atoms with Gasteiger partial charge in [0.25, 0.3) is 5.91 Å². The standard InChI is InChI=1S/C20H24N4O5/c1-21-20(25)16-6-7-19(23-22-16)24-9-17-18(10-24)28-12-15(11-27-17)29-14-5-3-4-13(8-14)26-2/h3-8,15,17-18H,9-12H2,1-2H3,(H,21,25)/t17-,18-/m0/s1. The van der Waals surface area contributed by atoms with Gasteiger partial charge in [0.2, 0.25) is 0 Å². The molecule has 1 amide bonds. The van der Waals surface area contributed by atoms with Crippen molar-refractivity contribution in [3.8, 4) is 11.5 Å². The first-order chi connectivity index (χ1) is 14.2. The Morgan fingerprint density at radius 1 is 1.10 bits per heavy atom. The molecule has 2 aliphatic rings. The summed E-state index contributed by atoms with van der Waals surface area (Å²) in [6, 6.07) is 10.9. The number of ether oxygens (including phenoxy) is 4. The Balaban J connectivity index is 1.34. The van der Waals surface area contributed by atoms with Crippen LogP contribution in [0.4, 0.5) is 5.82 Å². The monoisotopic (exact) mass is 400 g/mol. The van der Waals surface area contributed by atoms with Crippen molar-refractivity contribution in [3.63, 3.8) is 0 Å². The van der Waals surface area contributed by atoms with E-state index in [-0.39, 0.29) is 29.9 Å². The lowest BCUT2D eigenvalue weighted by Crippen LogP contribution is -2.30. The maximum Gasteiger partial charge on any atom is 0.271 e. The lowest BCUT2D eigenvalue weighted by molar-refractivity contribution is -0.00461. The van der Waals surface area contributed by atoms with Gasteiger partial charge in [-0.3, -0.25) is 4.79 Å². The summed E-state index contributed by atoms with van der Waals surface area (Å²) in [5.74, 6) is 1.90. The van der Waals surface area contributed by atoms with Gasteiger partial charge in [-0.05, 0) is 24.3 Å². The smallest absolute Gasteiger partial charge is 0.271 e. The second-order valence-corrected chi connectivity index (χ2v) is 6.92. The molecule has 0 aliphatic carbocycles. The van der Waals surface area contributed by atoms with Crippen LogP contribution < -0.4 is 19.7 Å². The quantitative estimate of drug-likeness (QED) is 0.791. The number of rotatable bonds is 5. The zero-order valence-electron chi connectivity index (χ0n) is 16.4. The predicted molar refractivity (Wildman–Crippen MR) is 105 cm³/mol. The third-order valence-electron chi connectivity index (χ3n) is 4.99. The summed E-state index contributed by atoms with van der Waals surface area (Å²) in [5, 5.41) is 10.7. The van der Waals surface area contributed by atoms with Crippen molar-refractivity contribution < 1.29 is 23.7 Å². The predicted octanol–water partition coefficient (Wildman–Crippen LogP) is 0.896. The number of hydrogen-bond donors (Lipinski definition) is 1. The highest BCUT2D eigenvalue weighted by Gasteiger charge is 2.38. The summed E-state index contributed by atoms with van der Waals surface area (Å²) in [4.78, 5) is 13.7. The van der Waals surface area contributed by atoms with Crippen LogP contribution in [0.5, 0.6) is 11.5 Å². The summed E-state index contributed by atoms with van der Waals surface area (Å²) in [6.07, 6.45) is -0.337. The van der Waals surface area contributed by atoms with E-state index < -0.39 is 0 Å². The molecule has 0 radical (unpaired) electrons. The Morgan fingerprint density at radius 3 is 2.45 bits per heavy atom. The molecule has 0 unspecified atom stereocenters. The van der Waals surface area contributed by atoms with Crippen LogP contribution >= 0.6 is 0 Å². The summed E-state index contributed by atoms with van der Waals surface area (Å²) >= 11 is 0. The molecule has 2 atom stereocenters. The zero-order valence-corrected chi connectivity index (χ0v) is 16.4. The van der Waals surface area contributed by atoms with Gasteiger partial charge in [0.1, 0.15) is 29.8 Å². The average molecular weight is 400 g/mol. The molecule has 29 heavy (non-hydrogen) atoms. The first-order valence-corrected chi connectivity index (χ1v) is 9.51. The molecule has 0 bridgehead atoms. The summed E-state index contributed by atoms with van der Waals surface area (Å²) in [5.41, 5.74) is 0.287. The van der Waals surface area contributed by atoms with E-state index in [1.165, 1.54) is 0 Å². The number of hydrogen-bond acceptors (Lipinski definition) is 8. The molecule has 4 rings (SSSR count). The molecular weight excluding hydrogens is 376 g/mol. The van der Waals surface area contributed by atoms with Gasteiger partial charge in [0.15, 0.2) is 11.5 Å². The molecular formula is C20H24N4O5. The largest absolute Gasteiger partial charge is 0.497 e. The van der Waals surface area contributed by atoms with Crippen molar-refractivity contribution in [3.05, 3.63) is 42.1 Å². The topological polar surface area (TPSA) is 95.0 Å². The molecule has 154 valence electrons. The Bertz CT molecular complexity index is 831. The summed E-state index contributed by atoms with van der Waals surface area (Å²) in [6.45, 7) is 2.16. The Labute approximate surface area is 168 Å². The third kappa shape index (κ3) is 4.41. The van der Waals surface area contributed by atoms with Crippen LogP contribution in [0.25, 0.3) is 0 Å². The normalized spacial score (nSPS) is 21.9. The van der Waals surface area contributed by atoms with Gasteiger partial charge in [-0.2, -0.15) is 0 Å². The van der Waals surface area contributed by atoms with Gasteiger partial charge in [0, 0.05) is 26.2 Å². The van der Waals surface area contributed by atoms with E-state index in [0.29, 0.717) is 32.1 Å². The lowest BCUT2D eigenvalue weighted by atomic mass is 10.3. The van der Waals surface area contributed by atoms with E-state index in [0.717, 1.165) is 11.5 Å². The van der Waals surface area contributed by atoms with E-state index in [9.17, 15) is 4.79 Å². The van der Waals surface area contributed by atoms with Gasteiger partial charge in [-0.15, -0.1) is 10.2 Å². The highest BCUT2D eigenvalue weighted by Crippen LogP contribution is 2.26. The molecule has 9 nitrogen and oxygen atoms in total. The van der Waals surface area contributed by atoms with E-state index in [4.69, 9.17) is 18.9 Å². The number of nitrogens with one attached hydrogen (secondary N) is 1. The minimum absolute atomic E-state index is 0.0747. The molecule has 2 aliphatic heterocycles. The SMILES string of the molecule is CNC(=O)c1ccc(N2C[C@@H]3OCC(Oc4cccc(OC)c4)CO[C@H]3C2)nn1. The number of methoxy groups -OCH3 is 1. The molecule has 2 aromatic rings. The highest BCUT2D eigenvalue weighted by atomic mass is 16.6. The van der Waals surface area contributed by atoms with Crippen molar-refractivity contribution in [2.24, 2.45) is 0 Å². The van der Waals surface area contributed by atoms with Crippen LogP contribution in [0.3, 0.4) is 0 Å². The van der Waals surface area contributed by atoms with Crippen molar-refractivity contribution >= 4 is 11.7 Å². The van der Waals surface area contributed by atoms with Crippen LogP contribution in [-0.4, -0.2) is 74.9 Å². The van der Waals surface area contributed by atoms with E-state index in [1.807, 2.05) is 24.3 Å². The van der Waals surface area contributed by atoms with Gasteiger partial charge in [-0.1, -0.05) is 6.07 Å². The number of aromatic nitrogens is 2. The Morgan fingerprint density at radius 2 is 1.83 bits per heavy atom. The van der Waals surface area contributed by atoms with Gasteiger partial charge >= 0.3 is 0 Å². The highest BCUT2D eigenvalue weighted by molar-refractivity contribution is 5.91. The fraction of sp³-hybridized carbons (Fsp3) is 0.450. The fourth-order valence-corrected chi connectivity index (χ4v) is 3.44. The number of carbonyl (C=O) groups excluding carboxylic acids is 1. The fourth-order valence-electron chi connectivity index (χ4n) is 3.44. The van der Waals surface area contributed by atoms with Gasteiger partial charge in [-0.25, -0.2) is 0 Å². The van der Waals surface area contributed by atoms with Gasteiger partial charge < -0.3 is 29.2 Å². The van der Waals surface area contributed by atoms with Gasteiger partial charge in [0.05, 0.1) is 20.3 Å². The van der Waals surface area contributed by atoms with Crippen molar-refractivity contribution in [2.45, 2.75) is 18.3 Å². The molecule has 3 heterocycles. The number of carbonyl (C=O) groups is 1. The molecule has 1 aromatic carbocycles. The number of amides is 1. The minimum atomic E-state index is -0.260.